The van der Waals surface area contributed by atoms with Gasteiger partial charge < -0.3 is 9.47 Å². The van der Waals surface area contributed by atoms with E-state index in [1.807, 2.05) is 17.5 Å². The Morgan fingerprint density at radius 1 is 1.20 bits per heavy atom. The fourth-order valence-corrected chi connectivity index (χ4v) is 3.53. The molecule has 3 aromatic rings. The van der Waals surface area contributed by atoms with Gasteiger partial charge in [-0.2, -0.15) is 5.26 Å². The summed E-state index contributed by atoms with van der Waals surface area (Å²) in [5.74, 6) is 1.21. The SMILES string of the molecule is COc1ccc(-c2csc(C(C#N)=CC=Cc3ccccc3[N+](=O)[O-])n2)cc1OC. The highest BCUT2D eigenvalue weighted by Crippen LogP contribution is 2.33. The molecule has 0 N–H and O–H groups in total. The van der Waals surface area contributed by atoms with Crippen LogP contribution in [0.25, 0.3) is 22.9 Å². The van der Waals surface area contributed by atoms with Crippen molar-refractivity contribution in [2.24, 2.45) is 0 Å². The number of hydrogen-bond donors (Lipinski definition) is 0. The summed E-state index contributed by atoms with van der Waals surface area (Å²) in [6, 6.07) is 14.0. The first kappa shape index (κ1) is 20.8. The number of rotatable bonds is 7. The van der Waals surface area contributed by atoms with Crippen LogP contribution in [0.1, 0.15) is 10.6 Å². The van der Waals surface area contributed by atoms with Gasteiger partial charge in [-0.1, -0.05) is 18.2 Å². The van der Waals surface area contributed by atoms with Crippen molar-refractivity contribution in [2.75, 3.05) is 14.2 Å². The number of nitro benzene ring substituents is 1. The highest BCUT2D eigenvalue weighted by atomic mass is 32.1. The maximum atomic E-state index is 11.1. The predicted octanol–water partition coefficient (Wildman–Crippen LogP) is 5.36. The number of para-hydroxylation sites is 1. The van der Waals surface area contributed by atoms with E-state index in [1.165, 1.54) is 17.4 Å². The van der Waals surface area contributed by atoms with Gasteiger partial charge in [0.05, 0.1) is 36.0 Å². The van der Waals surface area contributed by atoms with Crippen LogP contribution in [-0.2, 0) is 0 Å². The average Bonchev–Trinajstić information content (AvgIpc) is 3.26. The Morgan fingerprint density at radius 2 is 1.97 bits per heavy atom. The van der Waals surface area contributed by atoms with Gasteiger partial charge in [0.25, 0.3) is 5.69 Å². The molecule has 0 fully saturated rings. The molecule has 0 amide bonds. The third kappa shape index (κ3) is 4.54. The highest BCUT2D eigenvalue weighted by molar-refractivity contribution is 7.11. The van der Waals surface area contributed by atoms with Gasteiger partial charge in [-0.05, 0) is 36.4 Å². The minimum Gasteiger partial charge on any atom is -0.493 e. The lowest BCUT2D eigenvalue weighted by Crippen LogP contribution is -1.91. The second-order valence-electron chi connectivity index (χ2n) is 5.97. The van der Waals surface area contributed by atoms with Gasteiger partial charge in [0.15, 0.2) is 11.5 Å². The molecule has 0 aliphatic carbocycles. The molecule has 1 aromatic heterocycles. The molecule has 150 valence electrons. The lowest BCUT2D eigenvalue weighted by Gasteiger charge is -2.08. The van der Waals surface area contributed by atoms with Crippen LogP contribution in [0, 0.1) is 21.4 Å². The van der Waals surface area contributed by atoms with Crippen molar-refractivity contribution in [1.29, 1.82) is 5.26 Å². The Hall–Kier alpha value is -3.96. The average molecular weight is 419 g/mol. The Labute approximate surface area is 177 Å². The van der Waals surface area contributed by atoms with E-state index in [1.54, 1.807) is 56.7 Å². The first-order chi connectivity index (χ1) is 14.6. The maximum Gasteiger partial charge on any atom is 0.276 e. The number of ether oxygens (including phenoxy) is 2. The summed E-state index contributed by atoms with van der Waals surface area (Å²) < 4.78 is 10.6. The second kappa shape index (κ2) is 9.49. The molecule has 30 heavy (non-hydrogen) atoms. The molecule has 0 aliphatic rings. The Bertz CT molecular complexity index is 1180. The Morgan fingerprint density at radius 3 is 2.67 bits per heavy atom. The molecule has 0 radical (unpaired) electrons. The number of benzene rings is 2. The highest BCUT2D eigenvalue weighted by Gasteiger charge is 2.12. The first-order valence-electron chi connectivity index (χ1n) is 8.77. The molecule has 0 spiro atoms. The fraction of sp³-hybridized carbons (Fsp3) is 0.0909. The summed E-state index contributed by atoms with van der Waals surface area (Å²) in [4.78, 5) is 15.2. The molecule has 0 saturated heterocycles. The van der Waals surface area contributed by atoms with Crippen molar-refractivity contribution in [3.05, 3.63) is 80.7 Å². The molecule has 8 heteroatoms. The minimum absolute atomic E-state index is 0.00523. The number of hydrogen-bond acceptors (Lipinski definition) is 7. The van der Waals surface area contributed by atoms with Crippen LogP contribution in [-0.4, -0.2) is 24.1 Å². The standard InChI is InChI=1S/C22H17N3O4S/c1-28-20-11-10-16(12-21(20)29-2)18-14-30-22(24-18)17(13-23)8-5-7-15-6-3-4-9-19(15)25(26)27/h3-12,14H,1-2H3. The molecule has 0 saturated carbocycles. The normalized spacial score (nSPS) is 11.3. The Kier molecular flexibility index (Phi) is 6.57. The van der Waals surface area contributed by atoms with E-state index < -0.39 is 4.92 Å². The van der Waals surface area contributed by atoms with E-state index in [-0.39, 0.29) is 5.69 Å². The number of nitriles is 1. The smallest absolute Gasteiger partial charge is 0.276 e. The van der Waals surface area contributed by atoms with Gasteiger partial charge in [0.2, 0.25) is 0 Å². The van der Waals surface area contributed by atoms with E-state index in [2.05, 4.69) is 11.1 Å². The van der Waals surface area contributed by atoms with Crippen molar-refractivity contribution >= 4 is 28.7 Å². The lowest BCUT2D eigenvalue weighted by atomic mass is 10.1. The molecule has 0 atom stereocenters. The fourth-order valence-electron chi connectivity index (χ4n) is 2.72. The van der Waals surface area contributed by atoms with Crippen molar-refractivity contribution < 1.29 is 14.4 Å². The van der Waals surface area contributed by atoms with Crippen molar-refractivity contribution in [2.45, 2.75) is 0 Å². The maximum absolute atomic E-state index is 11.1. The summed E-state index contributed by atoms with van der Waals surface area (Å²) in [6.45, 7) is 0. The van der Waals surface area contributed by atoms with E-state index in [4.69, 9.17) is 9.47 Å². The molecular formula is C22H17N3O4S. The molecule has 1 heterocycles. The van der Waals surface area contributed by atoms with Crippen LogP contribution in [0.15, 0.2) is 60.0 Å². The van der Waals surface area contributed by atoms with E-state index >= 15 is 0 Å². The first-order valence-corrected chi connectivity index (χ1v) is 9.65. The van der Waals surface area contributed by atoms with Crippen LogP contribution < -0.4 is 9.47 Å². The van der Waals surface area contributed by atoms with Crippen LogP contribution in [0.3, 0.4) is 0 Å². The lowest BCUT2D eigenvalue weighted by molar-refractivity contribution is -0.385. The molecule has 3 rings (SSSR count). The number of allylic oxidation sites excluding steroid dienone is 3. The summed E-state index contributed by atoms with van der Waals surface area (Å²) in [5.41, 5.74) is 2.37. The van der Waals surface area contributed by atoms with Gasteiger partial charge in [0.1, 0.15) is 11.1 Å². The summed E-state index contributed by atoms with van der Waals surface area (Å²) in [6.07, 6.45) is 4.80. The zero-order valence-corrected chi connectivity index (χ0v) is 17.1. The monoisotopic (exact) mass is 419 g/mol. The summed E-state index contributed by atoms with van der Waals surface area (Å²) in [7, 11) is 3.13. The molecular weight excluding hydrogens is 402 g/mol. The Balaban J connectivity index is 1.87. The number of nitro groups is 1. The zero-order chi connectivity index (χ0) is 21.5. The van der Waals surface area contributed by atoms with Gasteiger partial charge in [-0.15, -0.1) is 11.3 Å². The quantitative estimate of drug-likeness (QED) is 0.221. The van der Waals surface area contributed by atoms with Crippen LogP contribution in [0.5, 0.6) is 11.5 Å². The van der Waals surface area contributed by atoms with Crippen LogP contribution in [0.2, 0.25) is 0 Å². The zero-order valence-electron chi connectivity index (χ0n) is 16.2. The molecule has 2 aromatic carbocycles. The van der Waals surface area contributed by atoms with Crippen LogP contribution in [0.4, 0.5) is 5.69 Å². The van der Waals surface area contributed by atoms with Crippen molar-refractivity contribution in [1.82, 2.24) is 4.98 Å². The van der Waals surface area contributed by atoms with Crippen molar-refractivity contribution in [3.8, 4) is 28.8 Å². The van der Waals surface area contributed by atoms with Crippen molar-refractivity contribution in [3.63, 3.8) is 0 Å². The summed E-state index contributed by atoms with van der Waals surface area (Å²) >= 11 is 1.34. The third-order valence-electron chi connectivity index (χ3n) is 4.21. The topological polar surface area (TPSA) is 98.3 Å². The molecule has 0 bridgehead atoms. The number of thiazole rings is 1. The molecule has 0 aliphatic heterocycles. The van der Waals surface area contributed by atoms with Gasteiger partial charge in [-0.25, -0.2) is 4.98 Å². The largest absolute Gasteiger partial charge is 0.493 e. The minimum atomic E-state index is -0.440. The third-order valence-corrected chi connectivity index (χ3v) is 5.08. The van der Waals surface area contributed by atoms with E-state index in [0.717, 1.165) is 5.56 Å². The number of methoxy groups -OCH3 is 2. The van der Waals surface area contributed by atoms with E-state index in [0.29, 0.717) is 33.3 Å². The van der Waals surface area contributed by atoms with Crippen LogP contribution >= 0.6 is 11.3 Å². The number of aromatic nitrogens is 1. The summed E-state index contributed by atoms with van der Waals surface area (Å²) in [5, 5.41) is 23.0. The number of nitrogens with zero attached hydrogens (tertiary/aromatic N) is 3. The van der Waals surface area contributed by atoms with Gasteiger partial charge in [0, 0.05) is 17.0 Å². The predicted molar refractivity (Wildman–Crippen MR) is 116 cm³/mol. The molecule has 0 unspecified atom stereocenters. The van der Waals surface area contributed by atoms with Gasteiger partial charge >= 0.3 is 0 Å². The molecule has 7 nitrogen and oxygen atoms in total. The van der Waals surface area contributed by atoms with E-state index in [9.17, 15) is 15.4 Å². The second-order valence-corrected chi connectivity index (χ2v) is 6.83. The van der Waals surface area contributed by atoms with Gasteiger partial charge in [-0.3, -0.25) is 10.1 Å².